The summed E-state index contributed by atoms with van der Waals surface area (Å²) in [5.41, 5.74) is 16.3. The molecule has 4 bridgehead atoms. The molecule has 486 valence electrons. The zero-order valence-electron chi connectivity index (χ0n) is 53.6. The van der Waals surface area contributed by atoms with Crippen LogP contribution in [0.3, 0.4) is 0 Å². The van der Waals surface area contributed by atoms with Gasteiger partial charge in [-0.1, -0.05) is 68.2 Å². The van der Waals surface area contributed by atoms with Gasteiger partial charge < -0.3 is 58.1 Å². The number of carbonyl (C=O) groups excluding carboxylic acids is 10. The third kappa shape index (κ3) is 14.2. The van der Waals surface area contributed by atoms with Crippen LogP contribution in [0.25, 0.3) is 0 Å². The van der Waals surface area contributed by atoms with Gasteiger partial charge in [-0.2, -0.15) is 0 Å². The molecule has 0 aromatic rings. The van der Waals surface area contributed by atoms with Gasteiger partial charge in [-0.15, -0.1) is 23.5 Å². The van der Waals surface area contributed by atoms with Gasteiger partial charge in [0.2, 0.25) is 47.3 Å². The number of ketones is 1. The Morgan fingerprint density at radius 3 is 1.38 bits per heavy atom. The molecule has 23 heteroatoms. The fourth-order valence-corrected chi connectivity index (χ4v) is 17.4. The Balaban J connectivity index is 1.15. The molecule has 8 rings (SSSR count). The Bertz CT molecular complexity index is 2870. The zero-order valence-corrected chi connectivity index (χ0v) is 55.2. The highest BCUT2D eigenvalue weighted by Gasteiger charge is 2.61. The number of hydrogen-bond donors (Lipinski definition) is 8. The summed E-state index contributed by atoms with van der Waals surface area (Å²) in [5.74, 6) is -5.80. The SMILES string of the molecule is CC[C@H](C)[C@@H]1NC(=O)C2=CC3=C4CCCC4=C4C=C(S[C@]4(C)[C@@]3(C)S2)C(=O)[C@H]2CCCN2C(=O)[C@H](CC(C)C)NC(=O)[C@H](CCCN)NC(=O)[C@H]([C@@H](C)CC)NC(=O)[C@@H]2CCCN2C(=O)[C@H]2CCCN2C(=O)[C@H](CC(C)C)NC(=O)[C@H](CCCN)NC1=O. The lowest BCUT2D eigenvalue weighted by Crippen LogP contribution is -2.61. The number of hydrogen-bond acceptors (Lipinski definition) is 14. The lowest BCUT2D eigenvalue weighted by atomic mass is 9.72. The van der Waals surface area contributed by atoms with Gasteiger partial charge in [-0.25, -0.2) is 0 Å². The molecule has 0 spiro atoms. The summed E-state index contributed by atoms with van der Waals surface area (Å²) in [4.78, 5) is 154. The number of rotatable bonds is 14. The molecule has 5 fully saturated rings. The second kappa shape index (κ2) is 29.2. The first kappa shape index (κ1) is 68.4. The average molecular weight is 1260 g/mol. The van der Waals surface area contributed by atoms with E-state index in [2.05, 4.69) is 45.7 Å². The minimum absolute atomic E-state index is 0.0586. The molecule has 0 aromatic carbocycles. The third-order valence-electron chi connectivity index (χ3n) is 19.8. The largest absolute Gasteiger partial charge is 0.343 e. The monoisotopic (exact) mass is 1260 g/mol. The number of nitrogens with two attached hydrogens (primary N) is 2. The maximum absolute atomic E-state index is 15.2. The van der Waals surface area contributed by atoms with Crippen LogP contribution in [0.2, 0.25) is 0 Å². The Morgan fingerprint density at radius 1 is 0.500 bits per heavy atom. The van der Waals surface area contributed by atoms with Crippen LogP contribution in [0.4, 0.5) is 0 Å². The van der Waals surface area contributed by atoms with E-state index in [0.29, 0.717) is 80.6 Å². The van der Waals surface area contributed by atoms with Crippen molar-refractivity contribution < 1.29 is 47.9 Å². The van der Waals surface area contributed by atoms with E-state index >= 15 is 9.59 Å². The van der Waals surface area contributed by atoms with Crippen LogP contribution >= 0.6 is 23.5 Å². The smallest absolute Gasteiger partial charge is 0.258 e. The molecule has 13 atom stereocenters. The fraction of sp³-hybridized carbons (Fsp3) is 0.723. The summed E-state index contributed by atoms with van der Waals surface area (Å²) in [5, 5.41) is 17.8. The quantitative estimate of drug-likeness (QED) is 0.117. The second-order valence-electron chi connectivity index (χ2n) is 26.9. The van der Waals surface area contributed by atoms with Crippen LogP contribution in [0.1, 0.15) is 178 Å². The van der Waals surface area contributed by atoms with Gasteiger partial charge in [0.05, 0.1) is 25.3 Å². The van der Waals surface area contributed by atoms with Crippen LogP contribution < -0.4 is 43.4 Å². The molecule has 6 heterocycles. The van der Waals surface area contributed by atoms with Crippen molar-refractivity contribution in [1.29, 1.82) is 0 Å². The van der Waals surface area contributed by atoms with Gasteiger partial charge in [0.15, 0.2) is 5.78 Å². The molecule has 21 nitrogen and oxygen atoms in total. The van der Waals surface area contributed by atoms with Crippen molar-refractivity contribution in [2.75, 3.05) is 32.7 Å². The van der Waals surface area contributed by atoms with E-state index < -0.39 is 123 Å². The van der Waals surface area contributed by atoms with Crippen molar-refractivity contribution >= 4 is 82.5 Å². The zero-order chi connectivity index (χ0) is 64.1. The highest BCUT2D eigenvalue weighted by molar-refractivity contribution is 8.10. The molecule has 88 heavy (non-hydrogen) atoms. The second-order valence-corrected chi connectivity index (χ2v) is 29.9. The lowest BCUT2D eigenvalue weighted by Gasteiger charge is -2.47. The van der Waals surface area contributed by atoms with Gasteiger partial charge in [-0.3, -0.25) is 47.9 Å². The normalized spacial score (nSPS) is 32.3. The summed E-state index contributed by atoms with van der Waals surface area (Å²) < 4.78 is -1.47. The topological polar surface area (TPSA) is 305 Å². The molecular formula is C65H99N11O10S2. The summed E-state index contributed by atoms with van der Waals surface area (Å²) in [6.07, 6.45) is 11.5. The Morgan fingerprint density at radius 2 is 0.909 bits per heavy atom. The van der Waals surface area contributed by atoms with Crippen LogP contribution in [0.15, 0.2) is 44.3 Å². The highest BCUT2D eigenvalue weighted by atomic mass is 32.2. The van der Waals surface area contributed by atoms with Gasteiger partial charge in [0.1, 0.15) is 48.3 Å². The van der Waals surface area contributed by atoms with Crippen LogP contribution in [-0.2, 0) is 47.9 Å². The van der Waals surface area contributed by atoms with Crippen molar-refractivity contribution in [3.8, 4) is 0 Å². The van der Waals surface area contributed by atoms with E-state index in [1.165, 1.54) is 33.3 Å². The average Bonchev–Trinajstić information content (AvgIpc) is 1.52. The van der Waals surface area contributed by atoms with E-state index in [1.54, 1.807) is 4.90 Å². The molecule has 0 aromatic heterocycles. The number of amides is 9. The predicted molar refractivity (Wildman–Crippen MR) is 341 cm³/mol. The summed E-state index contributed by atoms with van der Waals surface area (Å²) in [7, 11) is 0. The van der Waals surface area contributed by atoms with Crippen LogP contribution in [0, 0.1) is 23.7 Å². The van der Waals surface area contributed by atoms with E-state index in [0.717, 1.165) is 41.6 Å². The van der Waals surface area contributed by atoms with Gasteiger partial charge >= 0.3 is 0 Å². The molecule has 1 saturated carbocycles. The number of thioether (sulfide) groups is 2. The first-order valence-corrected chi connectivity index (χ1v) is 34.4. The van der Waals surface area contributed by atoms with Gasteiger partial charge in [0.25, 0.3) is 5.91 Å². The molecular weight excluding hydrogens is 1160 g/mol. The number of nitrogens with one attached hydrogen (secondary N) is 6. The minimum Gasteiger partial charge on any atom is -0.343 e. The maximum Gasteiger partial charge on any atom is 0.258 e. The minimum atomic E-state index is -1.15. The van der Waals surface area contributed by atoms with Crippen molar-refractivity contribution in [2.24, 2.45) is 35.1 Å². The van der Waals surface area contributed by atoms with Gasteiger partial charge in [-0.05, 0) is 181 Å². The first-order valence-electron chi connectivity index (χ1n) is 32.8. The number of allylic oxidation sites excluding steroid dienone is 4. The number of fused-ring (bicyclic) bond motifs is 6. The summed E-state index contributed by atoms with van der Waals surface area (Å²) in [6.45, 7) is 20.7. The van der Waals surface area contributed by atoms with Crippen LogP contribution in [-0.4, -0.2) is 170 Å². The van der Waals surface area contributed by atoms with Crippen molar-refractivity contribution in [2.45, 2.75) is 242 Å². The van der Waals surface area contributed by atoms with Gasteiger partial charge in [0, 0.05) is 19.6 Å². The Labute approximate surface area is 528 Å². The number of carbonyl (C=O) groups is 10. The Hall–Kier alpha value is -5.52. The molecule has 0 unspecified atom stereocenters. The summed E-state index contributed by atoms with van der Waals surface area (Å²) in [6, 6.07) is -9.32. The van der Waals surface area contributed by atoms with E-state index in [1.807, 2.05) is 67.5 Å². The van der Waals surface area contributed by atoms with E-state index in [9.17, 15) is 38.4 Å². The maximum atomic E-state index is 15.2. The molecule has 10 N–H and O–H groups in total. The molecule has 4 saturated heterocycles. The van der Waals surface area contributed by atoms with E-state index in [4.69, 9.17) is 11.5 Å². The van der Waals surface area contributed by atoms with Crippen LogP contribution in [0.5, 0.6) is 0 Å². The third-order valence-corrected chi connectivity index (χ3v) is 23.1. The Kier molecular flexibility index (Phi) is 22.7. The fourth-order valence-electron chi connectivity index (χ4n) is 14.3. The predicted octanol–water partition coefficient (Wildman–Crippen LogP) is 4.68. The number of Topliss-reactive ketones (excluding diaryl/α,β-unsaturated/α-hetero) is 1. The molecule has 8 aliphatic rings. The molecule has 0 radical (unpaired) electrons. The summed E-state index contributed by atoms with van der Waals surface area (Å²) >= 11 is 2.88. The lowest BCUT2D eigenvalue weighted by molar-refractivity contribution is -0.148. The van der Waals surface area contributed by atoms with Crippen molar-refractivity contribution in [1.82, 2.24) is 46.6 Å². The van der Waals surface area contributed by atoms with Crippen molar-refractivity contribution in [3.63, 3.8) is 0 Å². The molecule has 9 amide bonds. The van der Waals surface area contributed by atoms with Crippen molar-refractivity contribution in [3.05, 3.63) is 44.3 Å². The highest BCUT2D eigenvalue weighted by Crippen LogP contribution is 2.68. The first-order chi connectivity index (χ1) is 41.8. The standard InChI is InChI=1S/C65H99N11O10S2/c1-11-37(7)52-59(82)68-43(21-14-26-66)55(78)70-45(31-35(3)4)61(84)74-28-16-23-47(74)54(77)50-33-41-39-19-13-20-40(39)42-34-51(88-65(42,10)64(41,9)87-50)58(81)73-53(38(8)12-2)60(83)69-44(22-15-27-67)56(79)71-46(32-36(5)6)62(85)76-30-18-25-49(76)63(86)75-29-17-24-48(75)57(80)72-52/h33-38,43-49,52-53H,11-32,66-67H2,1-10H3,(H,68,82)(H,69,83)(H,70,78)(H,71,79)(H,72,80)(H,73,81)/t37-,38-,43-,44-,45-,46-,47+,48-,49+,52-,53-,64-,65-/m0/s1. The molecule has 2 aliphatic carbocycles. The number of nitrogens with zero attached hydrogens (tertiary/aromatic N) is 3. The van der Waals surface area contributed by atoms with E-state index in [-0.39, 0.29) is 75.4 Å². The molecule has 6 aliphatic heterocycles.